The van der Waals surface area contributed by atoms with Crippen LogP contribution in [0.3, 0.4) is 0 Å². The highest BCUT2D eigenvalue weighted by Crippen LogP contribution is 2.82. The Morgan fingerprint density at radius 3 is 2.14 bits per heavy atom. The summed E-state index contributed by atoms with van der Waals surface area (Å²) < 4.78 is 5.05. The Labute approximate surface area is 226 Å². The van der Waals surface area contributed by atoms with E-state index in [2.05, 4.69) is 5.32 Å². The van der Waals surface area contributed by atoms with E-state index in [0.717, 1.165) is 41.5 Å². The largest absolute Gasteiger partial charge is 0.676 e. The highest BCUT2D eigenvalue weighted by molar-refractivity contribution is 6.98. The maximum absolute atomic E-state index is 13.1. The van der Waals surface area contributed by atoms with Crippen LogP contribution in [0.4, 0.5) is 0 Å². The minimum Gasteiger partial charge on any atom is -0.676 e. The lowest BCUT2D eigenvalue weighted by atomic mass is 9.35. The summed E-state index contributed by atoms with van der Waals surface area (Å²) in [6.45, 7) is -0.727. The molecule has 0 amide bonds. The first kappa shape index (κ1) is 23.2. The molecule has 0 radical (unpaired) electrons. The van der Waals surface area contributed by atoms with Gasteiger partial charge in [-0.15, -0.1) is 10.9 Å². The van der Waals surface area contributed by atoms with Gasteiger partial charge in [-0.3, -0.25) is 4.79 Å². The van der Waals surface area contributed by atoms with Crippen molar-refractivity contribution >= 4 is 63.7 Å². The van der Waals surface area contributed by atoms with Crippen molar-refractivity contribution in [1.82, 2.24) is 5.32 Å². The molecule has 36 heavy (non-hydrogen) atoms. The van der Waals surface area contributed by atoms with Crippen molar-refractivity contribution in [1.29, 1.82) is 0 Å². The van der Waals surface area contributed by atoms with Crippen LogP contribution in [0.1, 0.15) is 39.0 Å². The quantitative estimate of drug-likeness (QED) is 0.427. The van der Waals surface area contributed by atoms with Crippen LogP contribution in [0.25, 0.3) is 0 Å². The molecule has 7 rings (SSSR count). The van der Waals surface area contributed by atoms with Gasteiger partial charge >= 0.3 is 6.48 Å². The number of carbonyl (C=O) groups excluding carboxylic acids is 1. The predicted octanol–water partition coefficient (Wildman–Crippen LogP) is 5.05. The molecule has 2 aromatic carbocycles. The fraction of sp³-hybridized carbons (Fsp3) is 0.429. The first-order valence-electron chi connectivity index (χ1n) is 12.8. The Bertz CT molecular complexity index is 1290. The van der Waals surface area contributed by atoms with Crippen LogP contribution >= 0.6 is 34.8 Å². The lowest BCUT2D eigenvalue weighted by Crippen LogP contribution is -2.76. The van der Waals surface area contributed by atoms with Gasteiger partial charge in [0.1, 0.15) is 0 Å². The molecule has 1 aliphatic heterocycles. The number of ketones is 1. The number of carbonyl (C=O) groups is 1. The Balaban J connectivity index is 1.42. The topological polar surface area (TPSA) is 50.7 Å². The molecule has 4 aliphatic carbocycles. The number of rotatable bonds is 5. The van der Waals surface area contributed by atoms with Crippen molar-refractivity contribution in [3.63, 3.8) is 0 Å². The van der Waals surface area contributed by atoms with Gasteiger partial charge in [-0.25, -0.2) is 0 Å². The molecular formula is C28H27BCl3N2O2-. The summed E-state index contributed by atoms with van der Waals surface area (Å²) in [5.41, 5.74) is 2.35. The molecule has 5 aliphatic rings. The molecule has 4 saturated carbocycles. The number of nitrogens with zero attached hydrogens (tertiary/aromatic N) is 1. The molecule has 5 unspecified atom stereocenters. The van der Waals surface area contributed by atoms with Gasteiger partial charge in [-0.05, 0) is 62.2 Å². The van der Waals surface area contributed by atoms with Crippen molar-refractivity contribution in [2.75, 3.05) is 0 Å². The summed E-state index contributed by atoms with van der Waals surface area (Å²) in [5, 5.41) is 3.84. The van der Waals surface area contributed by atoms with Gasteiger partial charge in [-0.2, -0.15) is 0 Å². The van der Waals surface area contributed by atoms with E-state index in [-0.39, 0.29) is 22.6 Å². The van der Waals surface area contributed by atoms with E-state index in [9.17, 15) is 4.79 Å². The van der Waals surface area contributed by atoms with Crippen LogP contribution < -0.4 is 16.2 Å². The van der Waals surface area contributed by atoms with Crippen LogP contribution in [0.2, 0.25) is 0 Å². The van der Waals surface area contributed by atoms with E-state index in [1.807, 2.05) is 60.7 Å². The number of hydrogen-bond acceptors (Lipinski definition) is 4. The molecule has 1 heterocycles. The normalized spacial score (nSPS) is 35.2. The fourth-order valence-corrected chi connectivity index (χ4v) is 9.20. The zero-order valence-electron chi connectivity index (χ0n) is 20.0. The highest BCUT2D eigenvalue weighted by atomic mass is 35.6. The standard InChI is InChI=1S/C28H27BCl3N2O2/c1-17(35)23-24(28(30,31)32)34-29(21-8-4-2-5-9-21,22-10-6-3-7-11-22)36-25(23)33-26-14-18-12-19-13-20(16-26)27(19,26)15-18/h2-11,18-20,33H,12-16H2,1H3/q-1. The second-order valence-corrected chi connectivity index (χ2v) is 13.8. The van der Waals surface area contributed by atoms with Gasteiger partial charge in [0.15, 0.2) is 11.7 Å². The third-order valence-electron chi connectivity index (χ3n) is 9.93. The minimum atomic E-state index is -2.22. The van der Waals surface area contributed by atoms with Gasteiger partial charge in [-0.1, -0.05) is 95.5 Å². The zero-order valence-corrected chi connectivity index (χ0v) is 22.3. The second kappa shape index (κ2) is 7.55. The SMILES string of the molecule is CC(=O)C1=C(NC23CC4CC5CC(C2)C53C4)O[B-](c2ccccc2)(c2ccccc2)N=C1C(Cl)(Cl)Cl. The Morgan fingerprint density at radius 2 is 1.61 bits per heavy atom. The van der Waals surface area contributed by atoms with Gasteiger partial charge in [0.25, 0.3) is 0 Å². The van der Waals surface area contributed by atoms with Crippen LogP contribution in [0.5, 0.6) is 0 Å². The maximum Gasteiger partial charge on any atom is 0.336 e. The van der Waals surface area contributed by atoms with E-state index in [1.165, 1.54) is 26.2 Å². The van der Waals surface area contributed by atoms with E-state index in [0.29, 0.717) is 11.3 Å². The zero-order chi connectivity index (χ0) is 24.9. The van der Waals surface area contributed by atoms with E-state index >= 15 is 0 Å². The van der Waals surface area contributed by atoms with Crippen molar-refractivity contribution in [2.45, 2.75) is 48.4 Å². The summed E-state index contributed by atoms with van der Waals surface area (Å²) in [5.74, 6) is 2.46. The van der Waals surface area contributed by atoms with E-state index in [1.54, 1.807) is 0 Å². The van der Waals surface area contributed by atoms with Crippen LogP contribution in [0.15, 0.2) is 77.0 Å². The summed E-state index contributed by atoms with van der Waals surface area (Å²) >= 11 is 19.6. The molecule has 1 spiro atoms. The number of hydrogen-bond donors (Lipinski definition) is 1. The van der Waals surface area contributed by atoms with Gasteiger partial charge in [0.2, 0.25) is 3.79 Å². The van der Waals surface area contributed by atoms with E-state index in [4.69, 9.17) is 44.4 Å². The Hall–Kier alpha value is -1.95. The van der Waals surface area contributed by atoms with Gasteiger partial charge in [0, 0.05) is 5.54 Å². The molecular weight excluding hydrogens is 513 g/mol. The summed E-state index contributed by atoms with van der Waals surface area (Å²) in [6, 6.07) is 19.7. The number of nitrogens with one attached hydrogen (secondary N) is 1. The fourth-order valence-electron chi connectivity index (χ4n) is 8.77. The molecule has 0 aromatic heterocycles. The third-order valence-corrected chi connectivity index (χ3v) is 10.5. The molecule has 4 fully saturated rings. The molecule has 2 bridgehead atoms. The number of alkyl halides is 3. The lowest BCUT2D eigenvalue weighted by Gasteiger charge is -2.73. The van der Waals surface area contributed by atoms with Crippen LogP contribution in [-0.2, 0) is 9.45 Å². The first-order chi connectivity index (χ1) is 17.2. The number of allylic oxidation sites excluding steroid dienone is 1. The lowest BCUT2D eigenvalue weighted by molar-refractivity contribution is -0.205. The molecule has 5 atom stereocenters. The number of fused-ring (bicyclic) bond motifs is 1. The van der Waals surface area contributed by atoms with Crippen LogP contribution in [0, 0.1) is 23.2 Å². The van der Waals surface area contributed by atoms with Crippen LogP contribution in [-0.4, -0.2) is 27.3 Å². The third kappa shape index (κ3) is 2.91. The molecule has 0 saturated heterocycles. The monoisotopic (exact) mass is 539 g/mol. The predicted molar refractivity (Wildman–Crippen MR) is 146 cm³/mol. The molecule has 186 valence electrons. The Kier molecular flexibility index (Phi) is 4.87. The summed E-state index contributed by atoms with van der Waals surface area (Å²) in [4.78, 5) is 18.2. The van der Waals surface area contributed by atoms with Crippen molar-refractivity contribution in [3.05, 3.63) is 72.1 Å². The van der Waals surface area contributed by atoms with Crippen molar-refractivity contribution in [3.8, 4) is 0 Å². The summed E-state index contributed by atoms with van der Waals surface area (Å²) in [7, 11) is 0. The van der Waals surface area contributed by atoms with Gasteiger partial charge < -0.3 is 14.9 Å². The molecule has 2 aromatic rings. The molecule has 8 heteroatoms. The first-order valence-corrected chi connectivity index (χ1v) is 14.0. The second-order valence-electron chi connectivity index (χ2n) is 11.5. The number of halogens is 3. The molecule has 1 N–H and O–H groups in total. The molecule has 4 nitrogen and oxygen atoms in total. The average Bonchev–Trinajstić information content (AvgIpc) is 3.33. The Morgan fingerprint density at radius 1 is 0.972 bits per heavy atom. The smallest absolute Gasteiger partial charge is 0.336 e. The van der Waals surface area contributed by atoms with Crippen molar-refractivity contribution in [2.24, 2.45) is 28.1 Å². The minimum absolute atomic E-state index is 0.0647. The number of benzene rings is 2. The van der Waals surface area contributed by atoms with Gasteiger partial charge in [0.05, 0.1) is 11.3 Å². The van der Waals surface area contributed by atoms with Crippen molar-refractivity contribution < 1.29 is 9.45 Å². The van der Waals surface area contributed by atoms with E-state index < -0.39 is 10.3 Å². The average molecular weight is 541 g/mol. The summed E-state index contributed by atoms with van der Waals surface area (Å²) in [6.07, 6.45) is 6.16. The highest BCUT2D eigenvalue weighted by Gasteiger charge is 2.80. The maximum atomic E-state index is 13.1. The number of Topliss-reactive ketones (excluding diaryl/α,β-unsaturated/α-hetero) is 1.